The fraction of sp³-hybridized carbons (Fsp3) is 0.273. The second-order valence-corrected chi connectivity index (χ2v) is 3.89. The van der Waals surface area contributed by atoms with Crippen molar-refractivity contribution in [3.8, 4) is 0 Å². The lowest BCUT2D eigenvalue weighted by atomic mass is 9.94. The smallest absolute Gasteiger partial charge is 0.248 e. The Bertz CT molecular complexity index is 457. The Morgan fingerprint density at radius 2 is 2.00 bits per heavy atom. The highest BCUT2D eigenvalue weighted by Crippen LogP contribution is 2.18. The van der Waals surface area contributed by atoms with Crippen molar-refractivity contribution in [2.45, 2.75) is 19.0 Å². The Morgan fingerprint density at radius 3 is 2.62 bits per heavy atom. The molecule has 1 unspecified atom stereocenters. The fourth-order valence-electron chi connectivity index (χ4n) is 1.87. The van der Waals surface area contributed by atoms with Crippen LogP contribution in [0.2, 0.25) is 0 Å². The number of carbonyl (C=O) groups excluding carboxylic acids is 2. The van der Waals surface area contributed by atoms with Gasteiger partial charge >= 0.3 is 0 Å². The van der Waals surface area contributed by atoms with Crippen molar-refractivity contribution in [3.05, 3.63) is 34.9 Å². The number of benzene rings is 1. The van der Waals surface area contributed by atoms with Gasteiger partial charge in [0.2, 0.25) is 11.8 Å². The van der Waals surface area contributed by atoms with E-state index in [-0.39, 0.29) is 11.9 Å². The monoisotopic (exact) mass is 219 g/mol. The third-order valence-corrected chi connectivity index (χ3v) is 2.80. The lowest BCUT2D eigenvalue weighted by molar-refractivity contribution is -0.120. The van der Waals surface area contributed by atoms with Gasteiger partial charge in [0, 0.05) is 12.1 Å². The van der Waals surface area contributed by atoms with Crippen LogP contribution in [0.3, 0.4) is 0 Å². The molecule has 1 heterocycles. The average Bonchev–Trinajstić information content (AvgIpc) is 2.27. The van der Waals surface area contributed by atoms with Crippen molar-refractivity contribution < 1.29 is 9.59 Å². The molecule has 0 saturated carbocycles. The topological polar surface area (TPSA) is 98.2 Å². The molecule has 2 rings (SSSR count). The van der Waals surface area contributed by atoms with Crippen LogP contribution in [0.15, 0.2) is 18.2 Å². The van der Waals surface area contributed by atoms with Crippen LogP contribution in [0.4, 0.5) is 0 Å². The van der Waals surface area contributed by atoms with E-state index in [0.717, 1.165) is 11.1 Å². The van der Waals surface area contributed by atoms with Gasteiger partial charge in [0.1, 0.15) is 0 Å². The van der Waals surface area contributed by atoms with Crippen molar-refractivity contribution in [3.63, 3.8) is 0 Å². The van der Waals surface area contributed by atoms with E-state index >= 15 is 0 Å². The number of nitrogens with two attached hydrogens (primary N) is 2. The molecule has 2 amide bonds. The number of amides is 2. The van der Waals surface area contributed by atoms with Gasteiger partial charge < -0.3 is 16.8 Å². The van der Waals surface area contributed by atoms with Gasteiger partial charge in [-0.25, -0.2) is 0 Å². The predicted octanol–water partition coefficient (Wildman–Crippen LogP) is -0.715. The summed E-state index contributed by atoms with van der Waals surface area (Å²) in [5, 5.41) is 3.01. The van der Waals surface area contributed by atoms with Gasteiger partial charge in [0.15, 0.2) is 0 Å². The first-order valence-electron chi connectivity index (χ1n) is 5.02. The minimum absolute atomic E-state index is 0.327. The number of rotatable bonds is 2. The number of nitrogens with one attached hydrogen (secondary N) is 1. The molecule has 5 nitrogen and oxygen atoms in total. The molecule has 1 aliphatic rings. The number of primary amides is 2. The molecule has 0 radical (unpaired) electrons. The van der Waals surface area contributed by atoms with Gasteiger partial charge in [-0.15, -0.1) is 0 Å². The van der Waals surface area contributed by atoms with Crippen molar-refractivity contribution in [1.29, 1.82) is 0 Å². The molecule has 84 valence electrons. The lowest BCUT2D eigenvalue weighted by Crippen LogP contribution is -2.45. The standard InChI is InChI=1S/C11H13N3O2/c12-10(15)7-2-1-6-4-9(11(13)16)14-5-8(6)3-7/h1-3,9,14H,4-5H2,(H2,12,15)(H2,13,16). The second kappa shape index (κ2) is 3.94. The first kappa shape index (κ1) is 10.6. The highest BCUT2D eigenvalue weighted by atomic mass is 16.1. The van der Waals surface area contributed by atoms with Crippen LogP contribution in [-0.2, 0) is 17.8 Å². The predicted molar refractivity (Wildman–Crippen MR) is 58.5 cm³/mol. The molecule has 16 heavy (non-hydrogen) atoms. The van der Waals surface area contributed by atoms with Gasteiger partial charge in [0.25, 0.3) is 0 Å². The third-order valence-electron chi connectivity index (χ3n) is 2.80. The van der Waals surface area contributed by atoms with Crippen molar-refractivity contribution in [2.24, 2.45) is 11.5 Å². The van der Waals surface area contributed by atoms with Crippen LogP contribution in [0.1, 0.15) is 21.5 Å². The van der Waals surface area contributed by atoms with Gasteiger partial charge in [-0.1, -0.05) is 6.07 Å². The first-order valence-corrected chi connectivity index (χ1v) is 5.02. The van der Waals surface area contributed by atoms with E-state index in [9.17, 15) is 9.59 Å². The van der Waals surface area contributed by atoms with Crippen LogP contribution in [0, 0.1) is 0 Å². The number of carbonyl (C=O) groups is 2. The van der Waals surface area contributed by atoms with Crippen molar-refractivity contribution >= 4 is 11.8 Å². The van der Waals surface area contributed by atoms with E-state index in [2.05, 4.69) is 5.32 Å². The van der Waals surface area contributed by atoms with E-state index in [1.54, 1.807) is 12.1 Å². The van der Waals surface area contributed by atoms with Crippen molar-refractivity contribution in [2.75, 3.05) is 0 Å². The van der Waals surface area contributed by atoms with Gasteiger partial charge in [0.05, 0.1) is 6.04 Å². The Morgan fingerprint density at radius 1 is 1.25 bits per heavy atom. The van der Waals surface area contributed by atoms with Crippen LogP contribution in [0.25, 0.3) is 0 Å². The highest BCUT2D eigenvalue weighted by molar-refractivity contribution is 5.93. The van der Waals surface area contributed by atoms with Crippen LogP contribution >= 0.6 is 0 Å². The highest BCUT2D eigenvalue weighted by Gasteiger charge is 2.22. The Hall–Kier alpha value is -1.88. The number of hydrogen-bond donors (Lipinski definition) is 3. The summed E-state index contributed by atoms with van der Waals surface area (Å²) in [6.07, 6.45) is 0.559. The summed E-state index contributed by atoms with van der Waals surface area (Å²) in [6, 6.07) is 4.92. The summed E-state index contributed by atoms with van der Waals surface area (Å²) < 4.78 is 0. The number of fused-ring (bicyclic) bond motifs is 1. The largest absolute Gasteiger partial charge is 0.368 e. The Balaban J connectivity index is 2.29. The Labute approximate surface area is 92.8 Å². The SMILES string of the molecule is NC(=O)c1ccc2c(c1)CNC(C(N)=O)C2. The van der Waals surface area contributed by atoms with Crippen LogP contribution < -0.4 is 16.8 Å². The van der Waals surface area contributed by atoms with Gasteiger partial charge in [-0.3, -0.25) is 9.59 Å². The molecule has 0 aliphatic carbocycles. The van der Waals surface area contributed by atoms with Gasteiger partial charge in [-0.2, -0.15) is 0 Å². The average molecular weight is 219 g/mol. The number of hydrogen-bond acceptors (Lipinski definition) is 3. The third kappa shape index (κ3) is 1.90. The lowest BCUT2D eigenvalue weighted by Gasteiger charge is -2.24. The molecule has 0 bridgehead atoms. The van der Waals surface area contributed by atoms with Crippen molar-refractivity contribution in [1.82, 2.24) is 5.32 Å². The maximum absolute atomic E-state index is 11.0. The maximum atomic E-state index is 11.0. The van der Waals surface area contributed by atoms with E-state index in [0.29, 0.717) is 18.5 Å². The summed E-state index contributed by atoms with van der Waals surface area (Å²) in [6.45, 7) is 0.532. The zero-order chi connectivity index (χ0) is 11.7. The van der Waals surface area contributed by atoms with Crippen LogP contribution in [0.5, 0.6) is 0 Å². The molecule has 0 aromatic heterocycles. The minimum Gasteiger partial charge on any atom is -0.368 e. The summed E-state index contributed by atoms with van der Waals surface area (Å²) in [4.78, 5) is 22.0. The molecule has 0 spiro atoms. The first-order chi connectivity index (χ1) is 7.58. The molecule has 0 fully saturated rings. The summed E-state index contributed by atoms with van der Waals surface area (Å²) in [5.41, 5.74) is 12.9. The van der Waals surface area contributed by atoms with E-state index in [1.165, 1.54) is 0 Å². The normalized spacial score (nSPS) is 18.9. The zero-order valence-electron chi connectivity index (χ0n) is 8.69. The molecule has 5 heteroatoms. The summed E-state index contributed by atoms with van der Waals surface area (Å²) in [7, 11) is 0. The summed E-state index contributed by atoms with van der Waals surface area (Å²) in [5.74, 6) is -0.801. The molecular formula is C11H13N3O2. The molecule has 5 N–H and O–H groups in total. The molecule has 0 saturated heterocycles. The molecular weight excluding hydrogens is 206 g/mol. The zero-order valence-corrected chi connectivity index (χ0v) is 8.69. The van der Waals surface area contributed by atoms with E-state index in [1.807, 2.05) is 6.07 Å². The van der Waals surface area contributed by atoms with E-state index in [4.69, 9.17) is 11.5 Å². The fourth-order valence-corrected chi connectivity index (χ4v) is 1.87. The van der Waals surface area contributed by atoms with Gasteiger partial charge in [-0.05, 0) is 29.7 Å². The second-order valence-electron chi connectivity index (χ2n) is 3.89. The van der Waals surface area contributed by atoms with E-state index < -0.39 is 5.91 Å². The van der Waals surface area contributed by atoms with Crippen LogP contribution in [-0.4, -0.2) is 17.9 Å². The quantitative estimate of drug-likeness (QED) is 0.612. The molecule has 1 aromatic rings. The maximum Gasteiger partial charge on any atom is 0.248 e. The minimum atomic E-state index is -0.445. The summed E-state index contributed by atoms with van der Waals surface area (Å²) >= 11 is 0. The molecule has 1 aliphatic heterocycles. The molecule has 1 atom stereocenters. The molecule has 1 aromatic carbocycles. The Kier molecular flexibility index (Phi) is 2.62.